The SMILES string of the molecule is CCCCN(C)C(=O)c1cc(C(=O)Nc2ccc(N(CC)CC)cc2)ccn1. The third kappa shape index (κ3) is 5.55. The summed E-state index contributed by atoms with van der Waals surface area (Å²) in [5, 5.41) is 2.88. The molecular formula is C22H30N4O2. The Morgan fingerprint density at radius 2 is 1.71 bits per heavy atom. The number of rotatable bonds is 9. The van der Waals surface area contributed by atoms with Crippen LogP contribution in [0.1, 0.15) is 54.5 Å². The van der Waals surface area contributed by atoms with Gasteiger partial charge in [-0.1, -0.05) is 13.3 Å². The van der Waals surface area contributed by atoms with Crippen molar-refractivity contribution in [2.75, 3.05) is 36.9 Å². The zero-order valence-corrected chi connectivity index (χ0v) is 17.2. The van der Waals surface area contributed by atoms with Gasteiger partial charge in [0.15, 0.2) is 0 Å². The summed E-state index contributed by atoms with van der Waals surface area (Å²) in [4.78, 5) is 33.1. The number of benzene rings is 1. The largest absolute Gasteiger partial charge is 0.372 e. The van der Waals surface area contributed by atoms with Crippen molar-refractivity contribution >= 4 is 23.2 Å². The second kappa shape index (κ2) is 10.4. The van der Waals surface area contributed by atoms with Crippen molar-refractivity contribution < 1.29 is 9.59 Å². The Balaban J connectivity index is 2.07. The minimum Gasteiger partial charge on any atom is -0.372 e. The zero-order chi connectivity index (χ0) is 20.5. The van der Waals surface area contributed by atoms with Crippen LogP contribution >= 0.6 is 0 Å². The molecule has 0 atom stereocenters. The molecule has 2 aromatic rings. The molecule has 0 aliphatic rings. The van der Waals surface area contributed by atoms with Crippen LogP contribution in [0.3, 0.4) is 0 Å². The van der Waals surface area contributed by atoms with Crippen LogP contribution in [0, 0.1) is 0 Å². The Labute approximate surface area is 167 Å². The van der Waals surface area contributed by atoms with Gasteiger partial charge in [-0.25, -0.2) is 0 Å². The molecule has 1 aromatic carbocycles. The summed E-state index contributed by atoms with van der Waals surface area (Å²) in [6.07, 6.45) is 3.45. The summed E-state index contributed by atoms with van der Waals surface area (Å²) in [6, 6.07) is 10.9. The van der Waals surface area contributed by atoms with Crippen LogP contribution in [0.5, 0.6) is 0 Å². The van der Waals surface area contributed by atoms with Crippen molar-refractivity contribution in [3.8, 4) is 0 Å². The number of nitrogens with one attached hydrogen (secondary N) is 1. The predicted octanol–water partition coefficient (Wildman–Crippen LogP) is 4.05. The Bertz CT molecular complexity index is 785. The van der Waals surface area contributed by atoms with Crippen molar-refractivity contribution in [3.05, 3.63) is 53.9 Å². The number of carbonyl (C=O) groups is 2. The van der Waals surface area contributed by atoms with Gasteiger partial charge in [0.05, 0.1) is 0 Å². The number of pyridine rings is 1. The highest BCUT2D eigenvalue weighted by Gasteiger charge is 2.15. The van der Waals surface area contributed by atoms with E-state index in [0.29, 0.717) is 17.8 Å². The summed E-state index contributed by atoms with van der Waals surface area (Å²) >= 11 is 0. The van der Waals surface area contributed by atoms with Crippen LogP contribution in [0.15, 0.2) is 42.6 Å². The highest BCUT2D eigenvalue weighted by atomic mass is 16.2. The van der Waals surface area contributed by atoms with Crippen LogP contribution in [0.2, 0.25) is 0 Å². The van der Waals surface area contributed by atoms with Crippen molar-refractivity contribution in [2.45, 2.75) is 33.6 Å². The van der Waals surface area contributed by atoms with Crippen molar-refractivity contribution in [1.29, 1.82) is 0 Å². The van der Waals surface area contributed by atoms with E-state index in [1.807, 2.05) is 24.3 Å². The molecule has 6 heteroatoms. The van der Waals surface area contributed by atoms with Crippen molar-refractivity contribution in [2.24, 2.45) is 0 Å². The first-order chi connectivity index (χ1) is 13.5. The monoisotopic (exact) mass is 382 g/mol. The van der Waals surface area contributed by atoms with Crippen molar-refractivity contribution in [3.63, 3.8) is 0 Å². The Morgan fingerprint density at radius 3 is 2.32 bits per heavy atom. The lowest BCUT2D eigenvalue weighted by Gasteiger charge is -2.21. The first-order valence-electron chi connectivity index (χ1n) is 9.88. The molecule has 0 bridgehead atoms. The lowest BCUT2D eigenvalue weighted by Crippen LogP contribution is -2.28. The lowest BCUT2D eigenvalue weighted by molar-refractivity contribution is 0.0787. The van der Waals surface area contributed by atoms with Crippen LogP contribution in [-0.2, 0) is 0 Å². The maximum Gasteiger partial charge on any atom is 0.272 e. The van der Waals surface area contributed by atoms with Gasteiger partial charge in [0.25, 0.3) is 11.8 Å². The third-order valence-corrected chi connectivity index (χ3v) is 4.69. The van der Waals surface area contributed by atoms with E-state index in [4.69, 9.17) is 0 Å². The van der Waals surface area contributed by atoms with Gasteiger partial charge in [-0.2, -0.15) is 0 Å². The number of nitrogens with zero attached hydrogens (tertiary/aromatic N) is 3. The van der Waals surface area contributed by atoms with Gasteiger partial charge >= 0.3 is 0 Å². The number of hydrogen-bond donors (Lipinski definition) is 1. The zero-order valence-electron chi connectivity index (χ0n) is 17.2. The van der Waals surface area contributed by atoms with E-state index >= 15 is 0 Å². The number of amides is 2. The molecule has 1 heterocycles. The lowest BCUT2D eigenvalue weighted by atomic mass is 10.2. The molecule has 28 heavy (non-hydrogen) atoms. The van der Waals surface area contributed by atoms with Gasteiger partial charge in [-0.3, -0.25) is 14.6 Å². The molecule has 150 valence electrons. The molecule has 2 amide bonds. The van der Waals surface area contributed by atoms with Crippen LogP contribution in [-0.4, -0.2) is 48.4 Å². The van der Waals surface area contributed by atoms with E-state index in [2.05, 4.69) is 36.0 Å². The average molecular weight is 383 g/mol. The molecule has 0 radical (unpaired) electrons. The molecule has 1 aromatic heterocycles. The standard InChI is InChI=1S/C22H30N4O2/c1-5-8-15-25(4)22(28)20-16-17(13-14-23-20)21(27)24-18-9-11-19(12-10-18)26(6-2)7-3/h9-14,16H,5-8,15H2,1-4H3,(H,24,27). The molecule has 0 aliphatic heterocycles. The molecule has 0 unspecified atom stereocenters. The Hall–Kier alpha value is -2.89. The second-order valence-electron chi connectivity index (χ2n) is 6.68. The minimum absolute atomic E-state index is 0.174. The second-order valence-corrected chi connectivity index (χ2v) is 6.68. The summed E-state index contributed by atoms with van der Waals surface area (Å²) in [5.74, 6) is -0.435. The Morgan fingerprint density at radius 1 is 1.04 bits per heavy atom. The number of hydrogen-bond acceptors (Lipinski definition) is 4. The van der Waals surface area contributed by atoms with E-state index in [1.54, 1.807) is 24.1 Å². The van der Waals surface area contributed by atoms with Crippen LogP contribution < -0.4 is 10.2 Å². The van der Waals surface area contributed by atoms with Crippen LogP contribution in [0.25, 0.3) is 0 Å². The highest BCUT2D eigenvalue weighted by molar-refractivity contribution is 6.05. The number of aromatic nitrogens is 1. The Kier molecular flexibility index (Phi) is 7.99. The molecular weight excluding hydrogens is 352 g/mol. The highest BCUT2D eigenvalue weighted by Crippen LogP contribution is 2.18. The molecule has 2 rings (SSSR count). The third-order valence-electron chi connectivity index (χ3n) is 4.69. The fourth-order valence-corrected chi connectivity index (χ4v) is 2.93. The number of carbonyl (C=O) groups excluding carboxylic acids is 2. The molecule has 0 saturated carbocycles. The van der Waals surface area contributed by atoms with Gasteiger partial charge in [-0.15, -0.1) is 0 Å². The van der Waals surface area contributed by atoms with Crippen molar-refractivity contribution in [1.82, 2.24) is 9.88 Å². The maximum absolute atomic E-state index is 12.6. The predicted molar refractivity (Wildman–Crippen MR) is 114 cm³/mol. The van der Waals surface area contributed by atoms with Gasteiger partial charge in [-0.05, 0) is 56.7 Å². The van der Waals surface area contributed by atoms with E-state index in [-0.39, 0.29) is 17.5 Å². The van der Waals surface area contributed by atoms with Gasteiger partial charge in [0, 0.05) is 49.8 Å². The van der Waals surface area contributed by atoms with Gasteiger partial charge < -0.3 is 15.1 Å². The summed E-state index contributed by atoms with van der Waals surface area (Å²) in [7, 11) is 1.75. The average Bonchev–Trinajstić information content (AvgIpc) is 2.73. The molecule has 0 fully saturated rings. The smallest absolute Gasteiger partial charge is 0.272 e. The van der Waals surface area contributed by atoms with Gasteiger partial charge in [0.2, 0.25) is 0 Å². The van der Waals surface area contributed by atoms with E-state index < -0.39 is 0 Å². The molecule has 0 aliphatic carbocycles. The van der Waals surface area contributed by atoms with Gasteiger partial charge in [0.1, 0.15) is 5.69 Å². The number of unbranched alkanes of at least 4 members (excludes halogenated alkanes) is 1. The fraction of sp³-hybridized carbons (Fsp3) is 0.409. The van der Waals surface area contributed by atoms with E-state index in [1.165, 1.54) is 6.20 Å². The van der Waals surface area contributed by atoms with E-state index in [0.717, 1.165) is 31.6 Å². The van der Waals surface area contributed by atoms with Crippen LogP contribution in [0.4, 0.5) is 11.4 Å². The molecule has 0 spiro atoms. The van der Waals surface area contributed by atoms with E-state index in [9.17, 15) is 9.59 Å². The minimum atomic E-state index is -0.261. The molecule has 6 nitrogen and oxygen atoms in total. The summed E-state index contributed by atoms with van der Waals surface area (Å²) in [5.41, 5.74) is 2.53. The maximum atomic E-state index is 12.6. The quantitative estimate of drug-likeness (QED) is 0.710. The normalized spacial score (nSPS) is 10.4. The fourth-order valence-electron chi connectivity index (χ4n) is 2.93. The summed E-state index contributed by atoms with van der Waals surface area (Å²) in [6.45, 7) is 8.84. The first kappa shape index (κ1) is 21.4. The topological polar surface area (TPSA) is 65.5 Å². The number of anilines is 2. The molecule has 0 saturated heterocycles. The molecule has 1 N–H and O–H groups in total. The first-order valence-corrected chi connectivity index (χ1v) is 9.88. The summed E-state index contributed by atoms with van der Waals surface area (Å²) < 4.78 is 0.